The van der Waals surface area contributed by atoms with Crippen molar-refractivity contribution in [2.45, 2.75) is 38.0 Å². The minimum atomic E-state index is 0.533. The zero-order chi connectivity index (χ0) is 15.0. The van der Waals surface area contributed by atoms with Gasteiger partial charge in [0.2, 0.25) is 0 Å². The van der Waals surface area contributed by atoms with Crippen LogP contribution in [0.1, 0.15) is 43.8 Å². The van der Waals surface area contributed by atoms with E-state index in [0.29, 0.717) is 16.8 Å². The summed E-state index contributed by atoms with van der Waals surface area (Å²) in [7, 11) is 2.01. The number of anilines is 1. The van der Waals surface area contributed by atoms with Crippen LogP contribution in [0.2, 0.25) is 5.02 Å². The first kappa shape index (κ1) is 14.9. The Kier molecular flexibility index (Phi) is 4.27. The summed E-state index contributed by atoms with van der Waals surface area (Å²) in [5.41, 5.74) is 8.09. The number of hydrogen-bond acceptors (Lipinski definition) is 2. The zero-order valence-electron chi connectivity index (χ0n) is 12.1. The maximum Gasteiger partial charge on any atom is 0.131 e. The second kappa shape index (κ2) is 6.01. The van der Waals surface area contributed by atoms with Crippen LogP contribution in [0.3, 0.4) is 0 Å². The summed E-state index contributed by atoms with van der Waals surface area (Å²) in [5.74, 6) is 2.36. The standard InChI is InChI=1S/C16H19BrClN3/c1-21-15(19)14(11-7-8-12(17)13(18)9-11)20-16(21)10-5-3-2-4-6-10/h7-10H,2-6,19H2,1H3. The van der Waals surface area contributed by atoms with E-state index in [1.165, 1.54) is 32.1 Å². The monoisotopic (exact) mass is 367 g/mol. The van der Waals surface area contributed by atoms with Crippen molar-refractivity contribution in [3.63, 3.8) is 0 Å². The molecule has 5 heteroatoms. The first-order chi connectivity index (χ1) is 10.1. The van der Waals surface area contributed by atoms with Gasteiger partial charge in [-0.25, -0.2) is 4.98 Å². The molecular formula is C16H19BrClN3. The quantitative estimate of drug-likeness (QED) is 0.798. The molecule has 0 unspecified atom stereocenters. The lowest BCUT2D eigenvalue weighted by molar-refractivity contribution is 0.422. The molecule has 2 aromatic rings. The molecule has 1 heterocycles. The fourth-order valence-corrected chi connectivity index (χ4v) is 3.54. The number of rotatable bonds is 2. The predicted octanol–water partition coefficient (Wildman–Crippen LogP) is 5.13. The predicted molar refractivity (Wildman–Crippen MR) is 91.6 cm³/mol. The first-order valence-electron chi connectivity index (χ1n) is 7.35. The van der Waals surface area contributed by atoms with Gasteiger partial charge in [-0.1, -0.05) is 36.9 Å². The molecule has 0 radical (unpaired) electrons. The minimum Gasteiger partial charge on any atom is -0.383 e. The van der Waals surface area contributed by atoms with Crippen LogP contribution in [-0.2, 0) is 7.05 Å². The van der Waals surface area contributed by atoms with Crippen molar-refractivity contribution in [3.05, 3.63) is 33.5 Å². The van der Waals surface area contributed by atoms with Gasteiger partial charge in [-0.05, 0) is 40.9 Å². The molecule has 3 nitrogen and oxygen atoms in total. The Balaban J connectivity index is 2.01. The number of hydrogen-bond donors (Lipinski definition) is 1. The van der Waals surface area contributed by atoms with Gasteiger partial charge >= 0.3 is 0 Å². The fourth-order valence-electron chi connectivity index (χ4n) is 3.11. The number of nitrogens with two attached hydrogens (primary N) is 1. The molecule has 0 atom stereocenters. The van der Waals surface area contributed by atoms with Gasteiger partial charge in [0.05, 0.1) is 5.02 Å². The van der Waals surface area contributed by atoms with E-state index < -0.39 is 0 Å². The van der Waals surface area contributed by atoms with Gasteiger partial charge in [-0.2, -0.15) is 0 Å². The highest BCUT2D eigenvalue weighted by molar-refractivity contribution is 9.10. The average Bonchev–Trinajstić information content (AvgIpc) is 2.79. The van der Waals surface area contributed by atoms with E-state index in [1.54, 1.807) is 0 Å². The molecule has 1 aromatic heterocycles. The van der Waals surface area contributed by atoms with Crippen LogP contribution in [0, 0.1) is 0 Å². The van der Waals surface area contributed by atoms with E-state index in [-0.39, 0.29) is 0 Å². The average molecular weight is 369 g/mol. The van der Waals surface area contributed by atoms with E-state index >= 15 is 0 Å². The third-order valence-electron chi connectivity index (χ3n) is 4.34. The molecule has 1 aliphatic carbocycles. The number of nitrogen functional groups attached to an aromatic ring is 1. The lowest BCUT2D eigenvalue weighted by Gasteiger charge is -2.21. The lowest BCUT2D eigenvalue weighted by Crippen LogP contribution is -2.11. The topological polar surface area (TPSA) is 43.8 Å². The molecular weight excluding hydrogens is 350 g/mol. The first-order valence-corrected chi connectivity index (χ1v) is 8.52. The van der Waals surface area contributed by atoms with Gasteiger partial charge in [-0.15, -0.1) is 0 Å². The largest absolute Gasteiger partial charge is 0.383 e. The van der Waals surface area contributed by atoms with E-state index in [0.717, 1.165) is 21.6 Å². The third kappa shape index (κ3) is 2.84. The van der Waals surface area contributed by atoms with Crippen LogP contribution in [0.4, 0.5) is 5.82 Å². The van der Waals surface area contributed by atoms with Crippen LogP contribution >= 0.6 is 27.5 Å². The normalized spacial score (nSPS) is 16.3. The van der Waals surface area contributed by atoms with Crippen LogP contribution in [-0.4, -0.2) is 9.55 Å². The van der Waals surface area contributed by atoms with Crippen LogP contribution < -0.4 is 5.73 Å². The zero-order valence-corrected chi connectivity index (χ0v) is 14.4. The molecule has 112 valence electrons. The molecule has 2 N–H and O–H groups in total. The highest BCUT2D eigenvalue weighted by Crippen LogP contribution is 2.37. The van der Waals surface area contributed by atoms with Crippen LogP contribution in [0.15, 0.2) is 22.7 Å². The molecule has 1 saturated carbocycles. The third-order valence-corrected chi connectivity index (χ3v) is 5.57. The van der Waals surface area contributed by atoms with Crippen molar-refractivity contribution in [3.8, 4) is 11.3 Å². The van der Waals surface area contributed by atoms with E-state index in [9.17, 15) is 0 Å². The molecule has 0 saturated heterocycles. The number of benzene rings is 1. The second-order valence-electron chi connectivity index (χ2n) is 5.73. The van der Waals surface area contributed by atoms with Gasteiger partial charge in [0.1, 0.15) is 17.3 Å². The molecule has 0 amide bonds. The lowest BCUT2D eigenvalue weighted by atomic mass is 9.89. The minimum absolute atomic E-state index is 0.533. The van der Waals surface area contributed by atoms with Crippen molar-refractivity contribution in [1.82, 2.24) is 9.55 Å². The molecule has 1 aromatic carbocycles. The van der Waals surface area contributed by atoms with Crippen molar-refractivity contribution in [2.24, 2.45) is 7.05 Å². The van der Waals surface area contributed by atoms with E-state index in [2.05, 4.69) is 15.9 Å². The molecule has 0 spiro atoms. The number of aromatic nitrogens is 2. The Labute approximate surface area is 138 Å². The van der Waals surface area contributed by atoms with Gasteiger partial charge in [0, 0.05) is 23.0 Å². The van der Waals surface area contributed by atoms with E-state index in [1.807, 2.05) is 29.8 Å². The molecule has 0 bridgehead atoms. The van der Waals surface area contributed by atoms with Crippen LogP contribution in [0.25, 0.3) is 11.3 Å². The maximum absolute atomic E-state index is 6.28. The summed E-state index contributed by atoms with van der Waals surface area (Å²) in [4.78, 5) is 4.84. The summed E-state index contributed by atoms with van der Waals surface area (Å²) in [6, 6.07) is 5.85. The van der Waals surface area contributed by atoms with Crippen molar-refractivity contribution in [2.75, 3.05) is 5.73 Å². The second-order valence-corrected chi connectivity index (χ2v) is 6.99. The molecule has 1 aliphatic rings. The summed E-state index contributed by atoms with van der Waals surface area (Å²) in [5, 5.41) is 0.678. The molecule has 3 rings (SSSR count). The summed E-state index contributed by atoms with van der Waals surface area (Å²) in [6.45, 7) is 0. The maximum atomic E-state index is 6.28. The summed E-state index contributed by atoms with van der Waals surface area (Å²) < 4.78 is 2.93. The van der Waals surface area contributed by atoms with Crippen molar-refractivity contribution < 1.29 is 0 Å². The molecule has 0 aliphatic heterocycles. The summed E-state index contributed by atoms with van der Waals surface area (Å²) >= 11 is 9.60. The Morgan fingerprint density at radius 3 is 2.67 bits per heavy atom. The highest BCUT2D eigenvalue weighted by atomic mass is 79.9. The van der Waals surface area contributed by atoms with Crippen molar-refractivity contribution in [1.29, 1.82) is 0 Å². The smallest absolute Gasteiger partial charge is 0.131 e. The number of halogens is 2. The Bertz CT molecular complexity index is 660. The molecule has 21 heavy (non-hydrogen) atoms. The highest BCUT2D eigenvalue weighted by Gasteiger charge is 2.23. The Morgan fingerprint density at radius 2 is 2.00 bits per heavy atom. The summed E-state index contributed by atoms with van der Waals surface area (Å²) in [6.07, 6.45) is 6.34. The Morgan fingerprint density at radius 1 is 1.29 bits per heavy atom. The van der Waals surface area contributed by atoms with Gasteiger partial charge in [-0.3, -0.25) is 0 Å². The fraction of sp³-hybridized carbons (Fsp3) is 0.438. The molecule has 1 fully saturated rings. The number of imidazole rings is 1. The SMILES string of the molecule is Cn1c(C2CCCCC2)nc(-c2ccc(Br)c(Cl)c2)c1N. The van der Waals surface area contributed by atoms with Gasteiger partial charge in [0.25, 0.3) is 0 Å². The Hall–Kier alpha value is -1.00. The van der Waals surface area contributed by atoms with E-state index in [4.69, 9.17) is 22.3 Å². The number of nitrogens with zero attached hydrogens (tertiary/aromatic N) is 2. The van der Waals surface area contributed by atoms with Crippen molar-refractivity contribution >= 4 is 33.3 Å². The van der Waals surface area contributed by atoms with Crippen LogP contribution in [0.5, 0.6) is 0 Å². The van der Waals surface area contributed by atoms with Gasteiger partial charge in [0.15, 0.2) is 0 Å². The van der Waals surface area contributed by atoms with Gasteiger partial charge < -0.3 is 10.3 Å².